The van der Waals surface area contributed by atoms with Crippen LogP contribution in [0, 0.1) is 0 Å². The molecule has 80 valence electrons. The molecule has 5 heteroatoms. The number of rotatable bonds is 8. The summed E-state index contributed by atoms with van der Waals surface area (Å²) in [5, 5.41) is 2.68. The fourth-order valence-corrected chi connectivity index (χ4v) is 0.840. The molecule has 3 N–H and O–H groups in total. The Kier molecular flexibility index (Phi) is 7.03. The van der Waals surface area contributed by atoms with Crippen LogP contribution in [0.1, 0.15) is 12.8 Å². The van der Waals surface area contributed by atoms with E-state index in [1.165, 1.54) is 0 Å². The molecule has 0 unspecified atom stereocenters. The Balaban J connectivity index is 3.39. The molecule has 0 atom stereocenters. The Bertz CT molecular complexity index is 123. The van der Waals surface area contributed by atoms with Gasteiger partial charge in [0.05, 0.1) is 13.2 Å². The van der Waals surface area contributed by atoms with Crippen LogP contribution in [-0.2, 0) is 4.74 Å². The molecule has 0 aromatic heterocycles. The third kappa shape index (κ3) is 8.08. The number of nitrogens with one attached hydrogen (secondary N) is 1. The highest BCUT2D eigenvalue weighted by molar-refractivity contribution is 4.66. The van der Waals surface area contributed by atoms with Gasteiger partial charge in [0.2, 0.25) is 0 Å². The molecule has 0 aliphatic carbocycles. The zero-order chi connectivity index (χ0) is 10.2. The molecule has 0 aromatic rings. The summed E-state index contributed by atoms with van der Waals surface area (Å²) in [4.78, 5) is 0. The van der Waals surface area contributed by atoms with Crippen molar-refractivity contribution in [1.82, 2.24) is 5.32 Å². The fraction of sp³-hybridized carbons (Fsp3) is 1.00. The van der Waals surface area contributed by atoms with Crippen LogP contribution >= 0.6 is 0 Å². The molecule has 3 nitrogen and oxygen atoms in total. The maximum atomic E-state index is 12.9. The van der Waals surface area contributed by atoms with Crippen molar-refractivity contribution in [2.75, 3.05) is 33.4 Å². The average Bonchev–Trinajstić information content (AvgIpc) is 2.09. The van der Waals surface area contributed by atoms with Gasteiger partial charge in [-0.2, -0.15) is 0 Å². The lowest BCUT2D eigenvalue weighted by Gasteiger charge is -2.15. The van der Waals surface area contributed by atoms with Crippen molar-refractivity contribution in [3.8, 4) is 0 Å². The van der Waals surface area contributed by atoms with Crippen LogP contribution in [0.2, 0.25) is 0 Å². The molecular formula is C8H18F2N2O. The molecule has 0 saturated carbocycles. The molecular weight excluding hydrogens is 178 g/mol. The minimum Gasteiger partial charge on any atom is -0.380 e. The smallest absolute Gasteiger partial charge is 0.251 e. The van der Waals surface area contributed by atoms with E-state index in [0.29, 0.717) is 19.7 Å². The molecule has 0 spiro atoms. The van der Waals surface area contributed by atoms with Gasteiger partial charge in [-0.3, -0.25) is 0 Å². The summed E-state index contributed by atoms with van der Waals surface area (Å²) in [5.41, 5.74) is 5.14. The monoisotopic (exact) mass is 196 g/mol. The second-order valence-corrected chi connectivity index (χ2v) is 2.86. The molecule has 0 saturated heterocycles. The number of hydrogen-bond acceptors (Lipinski definition) is 3. The first-order valence-corrected chi connectivity index (χ1v) is 4.42. The summed E-state index contributed by atoms with van der Waals surface area (Å²) in [6, 6.07) is 0. The molecule has 0 aliphatic rings. The minimum absolute atomic E-state index is 0.0773. The van der Waals surface area contributed by atoms with Crippen LogP contribution in [0.4, 0.5) is 8.78 Å². The zero-order valence-corrected chi connectivity index (χ0v) is 7.98. The third-order valence-electron chi connectivity index (χ3n) is 1.62. The van der Waals surface area contributed by atoms with Crippen molar-refractivity contribution >= 4 is 0 Å². The van der Waals surface area contributed by atoms with Gasteiger partial charge in [-0.15, -0.1) is 0 Å². The first kappa shape index (κ1) is 12.7. The minimum atomic E-state index is -2.63. The summed E-state index contributed by atoms with van der Waals surface area (Å²) in [7, 11) is 1.65. The highest BCUT2D eigenvalue weighted by atomic mass is 19.3. The Morgan fingerprint density at radius 2 is 2.00 bits per heavy atom. The lowest BCUT2D eigenvalue weighted by atomic mass is 10.2. The lowest BCUT2D eigenvalue weighted by Crippen LogP contribution is -2.25. The normalized spacial score (nSPS) is 12.0. The molecule has 0 heterocycles. The van der Waals surface area contributed by atoms with Crippen LogP contribution in [0.25, 0.3) is 0 Å². The SMILES string of the molecule is CNCCC(F)(F)CCOCCN. The summed E-state index contributed by atoms with van der Waals surface area (Å²) in [5.74, 6) is -2.63. The molecule has 13 heavy (non-hydrogen) atoms. The Morgan fingerprint density at radius 1 is 1.31 bits per heavy atom. The van der Waals surface area contributed by atoms with Gasteiger partial charge in [-0.05, 0) is 7.05 Å². The Labute approximate surface area is 77.6 Å². The van der Waals surface area contributed by atoms with Crippen molar-refractivity contribution in [3.05, 3.63) is 0 Å². The number of hydrogen-bond donors (Lipinski definition) is 2. The largest absolute Gasteiger partial charge is 0.380 e. The van der Waals surface area contributed by atoms with Gasteiger partial charge in [-0.25, -0.2) is 8.78 Å². The topological polar surface area (TPSA) is 47.3 Å². The van der Waals surface area contributed by atoms with Gasteiger partial charge in [-0.1, -0.05) is 0 Å². The fourth-order valence-electron chi connectivity index (χ4n) is 0.840. The van der Waals surface area contributed by atoms with Gasteiger partial charge in [0.15, 0.2) is 0 Å². The van der Waals surface area contributed by atoms with Crippen molar-refractivity contribution in [2.24, 2.45) is 5.73 Å². The van der Waals surface area contributed by atoms with Crippen LogP contribution in [-0.4, -0.2) is 39.3 Å². The van der Waals surface area contributed by atoms with E-state index in [-0.39, 0.29) is 19.4 Å². The second kappa shape index (κ2) is 7.17. The van der Waals surface area contributed by atoms with E-state index in [2.05, 4.69) is 5.32 Å². The lowest BCUT2D eigenvalue weighted by molar-refractivity contribution is -0.0381. The van der Waals surface area contributed by atoms with E-state index in [1.807, 2.05) is 0 Å². The zero-order valence-electron chi connectivity index (χ0n) is 7.98. The van der Waals surface area contributed by atoms with Crippen LogP contribution < -0.4 is 11.1 Å². The summed E-state index contributed by atoms with van der Waals surface area (Å²) >= 11 is 0. The molecule has 0 radical (unpaired) electrons. The number of nitrogens with two attached hydrogens (primary N) is 1. The van der Waals surface area contributed by atoms with Gasteiger partial charge < -0.3 is 15.8 Å². The van der Waals surface area contributed by atoms with Crippen LogP contribution in [0.3, 0.4) is 0 Å². The van der Waals surface area contributed by atoms with E-state index >= 15 is 0 Å². The van der Waals surface area contributed by atoms with Gasteiger partial charge in [0, 0.05) is 25.9 Å². The molecule has 0 fully saturated rings. The molecule has 0 bridgehead atoms. The standard InChI is InChI=1S/C8H18F2N2O/c1-12-5-2-8(9,10)3-6-13-7-4-11/h12H,2-7,11H2,1H3. The Morgan fingerprint density at radius 3 is 2.54 bits per heavy atom. The second-order valence-electron chi connectivity index (χ2n) is 2.86. The Hall–Kier alpha value is -0.260. The first-order valence-electron chi connectivity index (χ1n) is 4.42. The van der Waals surface area contributed by atoms with Crippen molar-refractivity contribution in [2.45, 2.75) is 18.8 Å². The maximum absolute atomic E-state index is 12.9. The molecule has 0 aromatic carbocycles. The predicted octanol–water partition coefficient (Wildman–Crippen LogP) is 0.597. The van der Waals surface area contributed by atoms with Crippen molar-refractivity contribution < 1.29 is 13.5 Å². The van der Waals surface area contributed by atoms with Gasteiger partial charge in [0.1, 0.15) is 0 Å². The highest BCUT2D eigenvalue weighted by Crippen LogP contribution is 2.21. The van der Waals surface area contributed by atoms with Crippen molar-refractivity contribution in [3.63, 3.8) is 0 Å². The van der Waals surface area contributed by atoms with E-state index in [9.17, 15) is 8.78 Å². The summed E-state index contributed by atoms with van der Waals surface area (Å²) in [6.45, 7) is 1.13. The highest BCUT2D eigenvalue weighted by Gasteiger charge is 2.27. The van der Waals surface area contributed by atoms with Crippen LogP contribution in [0.15, 0.2) is 0 Å². The van der Waals surface area contributed by atoms with E-state index in [0.717, 1.165) is 0 Å². The summed E-state index contributed by atoms with van der Waals surface area (Å²) < 4.78 is 30.6. The molecule has 0 rings (SSSR count). The van der Waals surface area contributed by atoms with Crippen LogP contribution in [0.5, 0.6) is 0 Å². The number of alkyl halides is 2. The van der Waals surface area contributed by atoms with E-state index < -0.39 is 5.92 Å². The number of ether oxygens (including phenoxy) is 1. The molecule has 0 aliphatic heterocycles. The van der Waals surface area contributed by atoms with Gasteiger partial charge in [0.25, 0.3) is 5.92 Å². The predicted molar refractivity (Wildman–Crippen MR) is 48.0 cm³/mol. The first-order chi connectivity index (χ1) is 6.12. The quantitative estimate of drug-likeness (QED) is 0.559. The van der Waals surface area contributed by atoms with Crippen molar-refractivity contribution in [1.29, 1.82) is 0 Å². The summed E-state index contributed by atoms with van der Waals surface area (Å²) in [6.07, 6.45) is -0.371. The molecule has 0 amide bonds. The number of halogens is 2. The van der Waals surface area contributed by atoms with E-state index in [4.69, 9.17) is 10.5 Å². The van der Waals surface area contributed by atoms with E-state index in [1.54, 1.807) is 7.05 Å². The third-order valence-corrected chi connectivity index (χ3v) is 1.62. The van der Waals surface area contributed by atoms with Gasteiger partial charge >= 0.3 is 0 Å². The average molecular weight is 196 g/mol. The maximum Gasteiger partial charge on any atom is 0.251 e.